The van der Waals surface area contributed by atoms with Crippen LogP contribution in [0, 0.1) is 5.92 Å². The number of carbonyl (C=O) groups is 2. The van der Waals surface area contributed by atoms with Gasteiger partial charge in [-0.05, 0) is 62.9 Å². The molecule has 0 radical (unpaired) electrons. The van der Waals surface area contributed by atoms with Gasteiger partial charge in [0.1, 0.15) is 0 Å². The Morgan fingerprint density at radius 1 is 1.08 bits per heavy atom. The molecule has 2 saturated heterocycles. The molecule has 0 saturated carbocycles. The topological polar surface area (TPSA) is 52.7 Å². The number of hydrogen-bond acceptors (Lipinski definition) is 3. The molecule has 0 aromatic heterocycles. The van der Waals surface area contributed by atoms with E-state index in [-0.39, 0.29) is 11.8 Å². The van der Waals surface area contributed by atoms with Crippen molar-refractivity contribution >= 4 is 23.4 Å². The maximum absolute atomic E-state index is 12.6. The standard InChI is InChI=1S/C20H28ClN3O2/c21-18-6-4-5-16(13-18)14-22-19(25)15-23-11-7-17(8-12-23)20(26)24-9-2-1-3-10-24/h4-6,13,17H,1-3,7-12,14-15H2,(H,22,25). The number of rotatable bonds is 5. The average molecular weight is 378 g/mol. The zero-order valence-electron chi connectivity index (χ0n) is 15.3. The van der Waals surface area contributed by atoms with Crippen LogP contribution < -0.4 is 5.32 Å². The number of benzene rings is 1. The van der Waals surface area contributed by atoms with Gasteiger partial charge in [-0.3, -0.25) is 14.5 Å². The first-order chi connectivity index (χ1) is 12.6. The molecule has 0 unspecified atom stereocenters. The van der Waals surface area contributed by atoms with Crippen molar-refractivity contribution in [3.63, 3.8) is 0 Å². The summed E-state index contributed by atoms with van der Waals surface area (Å²) in [5.74, 6) is 0.486. The maximum Gasteiger partial charge on any atom is 0.234 e. The van der Waals surface area contributed by atoms with Crippen molar-refractivity contribution in [2.45, 2.75) is 38.6 Å². The van der Waals surface area contributed by atoms with Crippen molar-refractivity contribution < 1.29 is 9.59 Å². The van der Waals surface area contributed by atoms with E-state index in [4.69, 9.17) is 11.6 Å². The summed E-state index contributed by atoms with van der Waals surface area (Å²) in [4.78, 5) is 28.9. The minimum absolute atomic E-state index is 0.0192. The number of piperidine rings is 2. The van der Waals surface area contributed by atoms with Crippen LogP contribution in [0.3, 0.4) is 0 Å². The third-order valence-electron chi connectivity index (χ3n) is 5.35. The SMILES string of the molecule is O=C(CN1CCC(C(=O)N2CCCCC2)CC1)NCc1cccc(Cl)c1. The molecule has 1 aromatic carbocycles. The number of nitrogens with one attached hydrogen (secondary N) is 1. The largest absolute Gasteiger partial charge is 0.351 e. The predicted molar refractivity (Wildman–Crippen MR) is 103 cm³/mol. The normalized spacial score (nSPS) is 19.3. The van der Waals surface area contributed by atoms with Gasteiger partial charge >= 0.3 is 0 Å². The van der Waals surface area contributed by atoms with Crippen LogP contribution in [0.25, 0.3) is 0 Å². The molecule has 0 aliphatic carbocycles. The quantitative estimate of drug-likeness (QED) is 0.858. The van der Waals surface area contributed by atoms with Gasteiger partial charge in [-0.1, -0.05) is 23.7 Å². The molecule has 2 heterocycles. The van der Waals surface area contributed by atoms with Gasteiger partial charge in [0.05, 0.1) is 6.54 Å². The minimum Gasteiger partial charge on any atom is -0.351 e. The van der Waals surface area contributed by atoms with E-state index in [2.05, 4.69) is 10.2 Å². The van der Waals surface area contributed by atoms with Crippen LogP contribution >= 0.6 is 11.6 Å². The zero-order chi connectivity index (χ0) is 18.4. The molecule has 0 atom stereocenters. The number of likely N-dealkylation sites (tertiary alicyclic amines) is 2. The summed E-state index contributed by atoms with van der Waals surface area (Å²) in [6.07, 6.45) is 5.23. The van der Waals surface area contributed by atoms with E-state index >= 15 is 0 Å². The summed E-state index contributed by atoms with van der Waals surface area (Å²) in [6, 6.07) is 7.51. The third-order valence-corrected chi connectivity index (χ3v) is 5.59. The molecular formula is C20H28ClN3O2. The Morgan fingerprint density at radius 2 is 1.81 bits per heavy atom. The lowest BCUT2D eigenvalue weighted by Crippen LogP contribution is -2.46. The molecule has 1 N–H and O–H groups in total. The fourth-order valence-corrected chi connectivity index (χ4v) is 4.03. The Kier molecular flexibility index (Phi) is 6.92. The third kappa shape index (κ3) is 5.45. The van der Waals surface area contributed by atoms with Crippen LogP contribution in [-0.4, -0.2) is 54.3 Å². The van der Waals surface area contributed by atoms with Crippen LogP contribution in [-0.2, 0) is 16.1 Å². The van der Waals surface area contributed by atoms with Crippen molar-refractivity contribution in [1.29, 1.82) is 0 Å². The first-order valence-electron chi connectivity index (χ1n) is 9.64. The van der Waals surface area contributed by atoms with E-state index in [0.717, 1.165) is 57.4 Å². The Labute approximate surface area is 160 Å². The number of halogens is 1. The van der Waals surface area contributed by atoms with Gasteiger partial charge in [-0.25, -0.2) is 0 Å². The summed E-state index contributed by atoms with van der Waals surface area (Å²) < 4.78 is 0. The highest BCUT2D eigenvalue weighted by Gasteiger charge is 2.29. The molecule has 2 amide bonds. The van der Waals surface area contributed by atoms with E-state index in [0.29, 0.717) is 24.0 Å². The molecule has 142 valence electrons. The summed E-state index contributed by atoms with van der Waals surface area (Å²) in [5.41, 5.74) is 0.997. The summed E-state index contributed by atoms with van der Waals surface area (Å²) >= 11 is 5.96. The van der Waals surface area contributed by atoms with E-state index in [1.165, 1.54) is 6.42 Å². The number of amides is 2. The molecular weight excluding hydrogens is 350 g/mol. The monoisotopic (exact) mass is 377 g/mol. The van der Waals surface area contributed by atoms with Crippen molar-refractivity contribution in [2.24, 2.45) is 5.92 Å². The van der Waals surface area contributed by atoms with Crippen molar-refractivity contribution in [3.8, 4) is 0 Å². The summed E-state index contributed by atoms with van der Waals surface area (Å²) in [5, 5.41) is 3.62. The lowest BCUT2D eigenvalue weighted by molar-refractivity contribution is -0.138. The zero-order valence-corrected chi connectivity index (χ0v) is 16.0. The highest BCUT2D eigenvalue weighted by molar-refractivity contribution is 6.30. The van der Waals surface area contributed by atoms with E-state index in [1.807, 2.05) is 29.2 Å². The number of hydrogen-bond donors (Lipinski definition) is 1. The first-order valence-corrected chi connectivity index (χ1v) is 10.0. The lowest BCUT2D eigenvalue weighted by Gasteiger charge is -2.35. The van der Waals surface area contributed by atoms with Crippen LogP contribution in [0.4, 0.5) is 0 Å². The summed E-state index contributed by atoms with van der Waals surface area (Å²) in [7, 11) is 0. The number of carbonyl (C=O) groups excluding carboxylic acids is 2. The molecule has 0 spiro atoms. The number of nitrogens with zero attached hydrogens (tertiary/aromatic N) is 2. The first kappa shape index (κ1) is 19.2. The molecule has 2 fully saturated rings. The van der Waals surface area contributed by atoms with E-state index < -0.39 is 0 Å². The molecule has 1 aromatic rings. The van der Waals surface area contributed by atoms with E-state index in [1.54, 1.807) is 0 Å². The average Bonchev–Trinajstić information content (AvgIpc) is 2.67. The molecule has 26 heavy (non-hydrogen) atoms. The fourth-order valence-electron chi connectivity index (χ4n) is 3.82. The minimum atomic E-state index is 0.0192. The van der Waals surface area contributed by atoms with Gasteiger partial charge in [0.15, 0.2) is 0 Å². The van der Waals surface area contributed by atoms with Gasteiger partial charge < -0.3 is 10.2 Å². The van der Waals surface area contributed by atoms with Crippen LogP contribution in [0.5, 0.6) is 0 Å². The van der Waals surface area contributed by atoms with Gasteiger partial charge in [0, 0.05) is 30.6 Å². The second-order valence-corrected chi connectivity index (χ2v) is 7.78. The maximum atomic E-state index is 12.6. The van der Waals surface area contributed by atoms with E-state index in [9.17, 15) is 9.59 Å². The van der Waals surface area contributed by atoms with Crippen LogP contribution in [0.2, 0.25) is 5.02 Å². The predicted octanol–water partition coefficient (Wildman–Crippen LogP) is 2.68. The van der Waals surface area contributed by atoms with Crippen molar-refractivity contribution in [3.05, 3.63) is 34.9 Å². The lowest BCUT2D eigenvalue weighted by atomic mass is 9.94. The smallest absolute Gasteiger partial charge is 0.234 e. The Morgan fingerprint density at radius 3 is 2.50 bits per heavy atom. The second kappa shape index (κ2) is 9.38. The van der Waals surface area contributed by atoms with Crippen molar-refractivity contribution in [2.75, 3.05) is 32.7 Å². The molecule has 5 nitrogen and oxygen atoms in total. The highest BCUT2D eigenvalue weighted by Crippen LogP contribution is 2.21. The second-order valence-electron chi connectivity index (χ2n) is 7.34. The summed E-state index contributed by atoms with van der Waals surface area (Å²) in [6.45, 7) is 4.36. The highest BCUT2D eigenvalue weighted by atomic mass is 35.5. The molecule has 2 aliphatic rings. The molecule has 3 rings (SSSR count). The van der Waals surface area contributed by atoms with Crippen LogP contribution in [0.1, 0.15) is 37.7 Å². The molecule has 0 bridgehead atoms. The van der Waals surface area contributed by atoms with Gasteiger partial charge in [0.25, 0.3) is 0 Å². The van der Waals surface area contributed by atoms with Gasteiger partial charge in [-0.2, -0.15) is 0 Å². The molecule has 2 aliphatic heterocycles. The fraction of sp³-hybridized carbons (Fsp3) is 0.600. The Balaban J connectivity index is 1.38. The molecule has 6 heteroatoms. The van der Waals surface area contributed by atoms with Crippen molar-refractivity contribution in [1.82, 2.24) is 15.1 Å². The van der Waals surface area contributed by atoms with Gasteiger partial charge in [0.2, 0.25) is 11.8 Å². The van der Waals surface area contributed by atoms with Crippen LogP contribution in [0.15, 0.2) is 24.3 Å². The van der Waals surface area contributed by atoms with Gasteiger partial charge in [-0.15, -0.1) is 0 Å². The Hall–Kier alpha value is -1.59. The Bertz CT molecular complexity index is 623.